The van der Waals surface area contributed by atoms with E-state index in [1.165, 1.54) is 5.39 Å². The monoisotopic (exact) mass is 261 g/mol. The van der Waals surface area contributed by atoms with E-state index in [1.807, 2.05) is 24.4 Å². The first-order valence-corrected chi connectivity index (χ1v) is 6.26. The molecule has 20 heavy (non-hydrogen) atoms. The first-order chi connectivity index (χ1) is 9.83. The molecular formula is C15H11N5. The zero-order valence-electron chi connectivity index (χ0n) is 10.5. The molecule has 0 fully saturated rings. The fraction of sp³-hybridized carbons (Fsp3) is 0. The number of aromatic amines is 1. The maximum atomic E-state index is 5.86. The molecule has 0 spiro atoms. The molecule has 0 saturated heterocycles. The van der Waals surface area contributed by atoms with Gasteiger partial charge in [0.05, 0.1) is 0 Å². The van der Waals surface area contributed by atoms with Crippen LogP contribution in [-0.4, -0.2) is 20.2 Å². The summed E-state index contributed by atoms with van der Waals surface area (Å²) in [5.41, 5.74) is 8.75. The van der Waals surface area contributed by atoms with Crippen LogP contribution in [0.4, 0.5) is 5.82 Å². The van der Waals surface area contributed by atoms with Crippen LogP contribution in [0.2, 0.25) is 0 Å². The average molecular weight is 261 g/mol. The molecule has 1 aromatic carbocycles. The Hall–Kier alpha value is -2.95. The second kappa shape index (κ2) is 4.03. The maximum absolute atomic E-state index is 5.86. The van der Waals surface area contributed by atoms with Gasteiger partial charge in [-0.3, -0.25) is 4.98 Å². The number of aromatic nitrogens is 4. The van der Waals surface area contributed by atoms with Gasteiger partial charge >= 0.3 is 0 Å². The summed E-state index contributed by atoms with van der Waals surface area (Å²) in [6.07, 6.45) is 5.38. The lowest BCUT2D eigenvalue weighted by Gasteiger charge is -2.06. The number of rotatable bonds is 1. The minimum atomic E-state index is 0.401. The van der Waals surface area contributed by atoms with E-state index in [-0.39, 0.29) is 0 Å². The summed E-state index contributed by atoms with van der Waals surface area (Å²) in [5, 5.41) is 11.2. The van der Waals surface area contributed by atoms with Crippen LogP contribution in [0.15, 0.2) is 48.9 Å². The third kappa shape index (κ3) is 1.53. The van der Waals surface area contributed by atoms with Crippen molar-refractivity contribution in [2.75, 3.05) is 5.73 Å². The number of nitrogens with zero attached hydrogens (tertiary/aromatic N) is 3. The highest BCUT2D eigenvalue weighted by Gasteiger charge is 2.10. The number of hydrogen-bond donors (Lipinski definition) is 2. The minimum absolute atomic E-state index is 0.401. The Balaban J connectivity index is 2.04. The van der Waals surface area contributed by atoms with Crippen LogP contribution in [0.3, 0.4) is 0 Å². The summed E-state index contributed by atoms with van der Waals surface area (Å²) >= 11 is 0. The summed E-state index contributed by atoms with van der Waals surface area (Å²) in [6.45, 7) is 0. The lowest BCUT2D eigenvalue weighted by Crippen LogP contribution is -1.97. The molecule has 0 radical (unpaired) electrons. The van der Waals surface area contributed by atoms with E-state index in [1.54, 1.807) is 12.4 Å². The summed E-state index contributed by atoms with van der Waals surface area (Å²) in [6, 6.07) is 10.1. The second-order valence-corrected chi connectivity index (χ2v) is 4.63. The summed E-state index contributed by atoms with van der Waals surface area (Å²) < 4.78 is 0. The molecule has 3 aromatic heterocycles. The number of H-pyrrole nitrogens is 1. The topological polar surface area (TPSA) is 80.5 Å². The number of hydrogen-bond acceptors (Lipinski definition) is 4. The molecule has 4 aromatic rings. The second-order valence-electron chi connectivity index (χ2n) is 4.63. The van der Waals surface area contributed by atoms with Crippen LogP contribution in [0.5, 0.6) is 0 Å². The first kappa shape index (κ1) is 10.9. The van der Waals surface area contributed by atoms with E-state index < -0.39 is 0 Å². The van der Waals surface area contributed by atoms with Gasteiger partial charge in [-0.2, -0.15) is 0 Å². The normalized spacial score (nSPS) is 11.2. The number of benzene rings is 1. The highest BCUT2D eigenvalue weighted by Crippen LogP contribution is 2.29. The molecule has 5 nitrogen and oxygen atoms in total. The van der Waals surface area contributed by atoms with E-state index in [0.29, 0.717) is 5.82 Å². The largest absolute Gasteiger partial charge is 0.382 e. The van der Waals surface area contributed by atoms with Crippen LogP contribution >= 0.6 is 0 Å². The number of anilines is 1. The van der Waals surface area contributed by atoms with Gasteiger partial charge in [0.25, 0.3) is 0 Å². The molecule has 4 rings (SSSR count). The third-order valence-electron chi connectivity index (χ3n) is 3.44. The Bertz CT molecular complexity index is 926. The summed E-state index contributed by atoms with van der Waals surface area (Å²) in [7, 11) is 0. The Morgan fingerprint density at radius 1 is 1.00 bits per heavy atom. The fourth-order valence-corrected chi connectivity index (χ4v) is 2.43. The Morgan fingerprint density at radius 2 is 1.95 bits per heavy atom. The van der Waals surface area contributed by atoms with Gasteiger partial charge in [-0.15, -0.1) is 10.2 Å². The molecule has 0 bridgehead atoms. The Labute approximate surface area is 114 Å². The van der Waals surface area contributed by atoms with Crippen LogP contribution in [0, 0.1) is 0 Å². The lowest BCUT2D eigenvalue weighted by molar-refractivity contribution is 1.06. The zero-order valence-corrected chi connectivity index (χ0v) is 10.5. The molecular weight excluding hydrogens is 250 g/mol. The van der Waals surface area contributed by atoms with Crippen molar-refractivity contribution in [3.8, 4) is 11.3 Å². The third-order valence-corrected chi connectivity index (χ3v) is 3.44. The van der Waals surface area contributed by atoms with Gasteiger partial charge in [0.15, 0.2) is 5.82 Å². The van der Waals surface area contributed by atoms with Crippen LogP contribution in [0.1, 0.15) is 0 Å². The molecule has 0 aliphatic carbocycles. The van der Waals surface area contributed by atoms with E-state index in [9.17, 15) is 0 Å². The predicted octanol–water partition coefficient (Wildman–Crippen LogP) is 2.76. The standard InChI is InChI=1S/C15H11N5/c16-15-12-8-17-5-4-11(12)14(19-20-15)10-2-1-9-3-6-18-13(9)7-10/h1-8,18H,(H2,16,20). The lowest BCUT2D eigenvalue weighted by atomic mass is 10.1. The molecule has 0 saturated carbocycles. The van der Waals surface area contributed by atoms with Crippen molar-refractivity contribution in [3.05, 3.63) is 48.9 Å². The maximum Gasteiger partial charge on any atom is 0.155 e. The van der Waals surface area contributed by atoms with Crippen molar-refractivity contribution in [3.63, 3.8) is 0 Å². The highest BCUT2D eigenvalue weighted by atomic mass is 15.1. The van der Waals surface area contributed by atoms with Crippen LogP contribution in [-0.2, 0) is 0 Å². The number of nitrogen functional groups attached to an aromatic ring is 1. The van der Waals surface area contributed by atoms with Crippen molar-refractivity contribution < 1.29 is 0 Å². The van der Waals surface area contributed by atoms with E-state index in [2.05, 4.69) is 32.3 Å². The van der Waals surface area contributed by atoms with Gasteiger partial charge in [-0.1, -0.05) is 12.1 Å². The highest BCUT2D eigenvalue weighted by molar-refractivity contribution is 6.00. The van der Waals surface area contributed by atoms with E-state index in [0.717, 1.165) is 27.5 Å². The van der Waals surface area contributed by atoms with Crippen molar-refractivity contribution in [2.45, 2.75) is 0 Å². The Kier molecular flexibility index (Phi) is 2.20. The number of nitrogens with two attached hydrogens (primary N) is 1. The van der Waals surface area contributed by atoms with Gasteiger partial charge in [-0.25, -0.2) is 0 Å². The average Bonchev–Trinajstić information content (AvgIpc) is 2.95. The SMILES string of the molecule is Nc1nnc(-c2ccc3cc[nH]c3c2)c2ccncc12. The van der Waals surface area contributed by atoms with Gasteiger partial charge in [0, 0.05) is 40.4 Å². The van der Waals surface area contributed by atoms with Gasteiger partial charge in [0.2, 0.25) is 0 Å². The summed E-state index contributed by atoms with van der Waals surface area (Å²) in [4.78, 5) is 7.30. The Morgan fingerprint density at radius 3 is 2.90 bits per heavy atom. The summed E-state index contributed by atoms with van der Waals surface area (Å²) in [5.74, 6) is 0.401. The molecule has 3 heterocycles. The number of nitrogens with one attached hydrogen (secondary N) is 1. The molecule has 5 heteroatoms. The van der Waals surface area contributed by atoms with Crippen LogP contribution < -0.4 is 5.73 Å². The zero-order chi connectivity index (χ0) is 13.5. The van der Waals surface area contributed by atoms with E-state index in [4.69, 9.17) is 5.73 Å². The van der Waals surface area contributed by atoms with Crippen molar-refractivity contribution in [1.29, 1.82) is 0 Å². The smallest absolute Gasteiger partial charge is 0.155 e. The van der Waals surface area contributed by atoms with Gasteiger partial charge in [-0.05, 0) is 23.6 Å². The predicted molar refractivity (Wildman–Crippen MR) is 79.0 cm³/mol. The number of fused-ring (bicyclic) bond motifs is 2. The van der Waals surface area contributed by atoms with Gasteiger partial charge in [0.1, 0.15) is 5.69 Å². The molecule has 3 N–H and O–H groups in total. The molecule has 0 amide bonds. The quantitative estimate of drug-likeness (QED) is 0.552. The molecule has 0 aliphatic heterocycles. The van der Waals surface area contributed by atoms with E-state index >= 15 is 0 Å². The molecule has 0 aliphatic rings. The van der Waals surface area contributed by atoms with Crippen LogP contribution in [0.25, 0.3) is 32.9 Å². The first-order valence-electron chi connectivity index (χ1n) is 6.26. The number of pyridine rings is 1. The molecule has 0 atom stereocenters. The molecule has 0 unspecified atom stereocenters. The van der Waals surface area contributed by atoms with Crippen molar-refractivity contribution >= 4 is 27.5 Å². The van der Waals surface area contributed by atoms with Crippen molar-refractivity contribution in [2.24, 2.45) is 0 Å². The fourth-order valence-electron chi connectivity index (χ4n) is 2.43. The molecule has 96 valence electrons. The minimum Gasteiger partial charge on any atom is -0.382 e. The van der Waals surface area contributed by atoms with Gasteiger partial charge < -0.3 is 10.7 Å². The van der Waals surface area contributed by atoms with Crippen molar-refractivity contribution in [1.82, 2.24) is 20.2 Å².